The molecule has 0 fully saturated rings. The standard InChI is InChI=1S/2CH5N5O2.2N3O4.Ni.4H2O/c2*2-1(4-3)5-6(7)8;2*4-2(5)1-3(6)7;;;;;/h2*3H2,(H3,2,4,5);;;;4*1H2/q;;2*-1;+2;;;;/p+2. The summed E-state index contributed by atoms with van der Waals surface area (Å²) in [6, 6.07) is 0. The molecule has 212 valence electrons. The van der Waals surface area contributed by atoms with Crippen LogP contribution in [-0.2, 0) is 27.4 Å². The monoisotopic (exact) mass is 582 g/mol. The number of hydrazone groups is 2. The molecule has 0 spiro atoms. The minimum absolute atomic E-state index is 0. The second-order valence-corrected chi connectivity index (χ2v) is 2.87. The van der Waals surface area contributed by atoms with Gasteiger partial charge in [0.15, 0.2) is 10.1 Å². The predicted octanol–water partition coefficient (Wildman–Crippen LogP) is -8.10. The van der Waals surface area contributed by atoms with E-state index in [1.165, 1.54) is 0 Å². The Hall–Kier alpha value is -5.21. The van der Waals surface area contributed by atoms with E-state index in [1.54, 1.807) is 21.9 Å². The Morgan fingerprint density at radius 1 is 0.600 bits per heavy atom. The zero-order chi connectivity index (χ0) is 24.9. The first kappa shape index (κ1) is 57.1. The van der Waals surface area contributed by atoms with Crippen molar-refractivity contribution >= 4 is 11.9 Å². The minimum atomic E-state index is -1.38. The van der Waals surface area contributed by atoms with E-state index in [2.05, 4.69) is 21.9 Å². The van der Waals surface area contributed by atoms with E-state index < -0.39 is 42.1 Å². The molecule has 0 rings (SSSR count). The number of nitrogens with two attached hydrogens (primary N) is 4. The van der Waals surface area contributed by atoms with Gasteiger partial charge in [0.05, 0.1) is 0 Å². The summed E-state index contributed by atoms with van der Waals surface area (Å²) in [5.41, 5.74) is 16.5. The van der Waals surface area contributed by atoms with Crippen LogP contribution in [0.5, 0.6) is 0 Å². The first-order valence-corrected chi connectivity index (χ1v) is 5.49. The van der Waals surface area contributed by atoms with E-state index in [9.17, 15) is 20.2 Å². The van der Waals surface area contributed by atoms with Crippen LogP contribution in [0.2, 0.25) is 0 Å². The van der Waals surface area contributed by atoms with Gasteiger partial charge in [0.1, 0.15) is 10.2 Å². The largest absolute Gasteiger partial charge is 2.00 e. The van der Waals surface area contributed by atoms with Crippen molar-refractivity contribution in [3.8, 4) is 0 Å². The Balaban J connectivity index is -0.0000000352. The maximum Gasteiger partial charge on any atom is 2.00 e. The molecule has 0 aromatic rings. The Morgan fingerprint density at radius 2 is 0.771 bits per heavy atom. The van der Waals surface area contributed by atoms with Gasteiger partial charge in [-0.05, 0) is 11.1 Å². The van der Waals surface area contributed by atoms with Crippen molar-refractivity contribution < 1.29 is 68.6 Å². The molecule has 0 bridgehead atoms. The van der Waals surface area contributed by atoms with Gasteiger partial charge < -0.3 is 33.4 Å². The Bertz CT molecular complexity index is 584. The minimum Gasteiger partial charge on any atom is -0.457 e. The Kier molecular flexibility index (Phi) is 59.1. The number of hydrogen-bond donors (Lipinski definition) is 6. The molecule has 0 heterocycles. The molecule has 35 heavy (non-hydrogen) atoms. The third kappa shape index (κ3) is 94.5. The normalized spacial score (nSPS) is 7.94. The molecular weight excluding hydrogens is 563 g/mol. The van der Waals surface area contributed by atoms with E-state index in [1.807, 2.05) is 0 Å². The number of nitro groups is 6. The quantitative estimate of drug-likeness (QED) is 0.0321. The summed E-state index contributed by atoms with van der Waals surface area (Å²) in [4.78, 5) is 54.8. The van der Waals surface area contributed by atoms with E-state index in [-0.39, 0.29) is 38.4 Å². The molecule has 0 unspecified atom stereocenters. The molecule has 32 nitrogen and oxygen atoms in total. The van der Waals surface area contributed by atoms with Gasteiger partial charge >= 0.3 is 16.5 Å². The van der Waals surface area contributed by atoms with Gasteiger partial charge in [0.2, 0.25) is 0 Å². The Morgan fingerprint density at radius 3 is 0.800 bits per heavy atom. The first-order chi connectivity index (χ1) is 13.6. The average Bonchev–Trinajstić information content (AvgIpc) is 2.52. The van der Waals surface area contributed by atoms with Crippen LogP contribution >= 0.6 is 0 Å². The molecule has 0 aliphatic rings. The predicted molar refractivity (Wildman–Crippen MR) is 104 cm³/mol. The summed E-state index contributed by atoms with van der Waals surface area (Å²) in [7, 11) is 0. The van der Waals surface area contributed by atoms with E-state index in [4.69, 9.17) is 51.9 Å². The fraction of sp³-hybridized carbons (Fsp3) is 0. The molecule has 0 saturated heterocycles. The summed E-state index contributed by atoms with van der Waals surface area (Å²) in [5, 5.41) is 52.6. The SMILES string of the molecule is NN/C(N)=N/[N+](=O)[O-].NN/C(N)=N/[N+](=O)[O-].O.O.O=[N+]([O-])[N-][N+](=O)[O-].O=[N+]([O-])[N-][N+](=O)[O-].[Ni+2].[OH3+].[OH3+]. The van der Waals surface area contributed by atoms with Gasteiger partial charge in [-0.1, -0.05) is 0 Å². The van der Waals surface area contributed by atoms with E-state index in [0.29, 0.717) is 0 Å². The second kappa shape index (κ2) is 36.2. The van der Waals surface area contributed by atoms with Gasteiger partial charge in [-0.2, -0.15) is 0 Å². The van der Waals surface area contributed by atoms with Gasteiger partial charge in [-0.15, -0.1) is 0 Å². The maximum atomic E-state index is 9.41. The van der Waals surface area contributed by atoms with Crippen molar-refractivity contribution in [3.63, 3.8) is 0 Å². The Labute approximate surface area is 197 Å². The van der Waals surface area contributed by atoms with Crippen LogP contribution in [0.1, 0.15) is 0 Å². The summed E-state index contributed by atoms with van der Waals surface area (Å²) in [5.74, 6) is 8.38. The van der Waals surface area contributed by atoms with Crippen molar-refractivity contribution in [2.75, 3.05) is 0 Å². The van der Waals surface area contributed by atoms with Crippen LogP contribution in [0.25, 0.3) is 11.1 Å². The van der Waals surface area contributed by atoms with Crippen molar-refractivity contribution in [2.45, 2.75) is 0 Å². The molecule has 0 amide bonds. The van der Waals surface area contributed by atoms with Crippen molar-refractivity contribution in [1.29, 1.82) is 0 Å². The van der Waals surface area contributed by atoms with Crippen LogP contribution in [-0.4, -0.2) is 53.1 Å². The molecular formula is C2H20N16NiO16+2. The van der Waals surface area contributed by atoms with Crippen LogP contribution in [0.3, 0.4) is 0 Å². The number of nitrogens with one attached hydrogen (secondary N) is 2. The maximum absolute atomic E-state index is 9.41. The smallest absolute Gasteiger partial charge is 0.457 e. The van der Waals surface area contributed by atoms with Crippen molar-refractivity contribution in [3.05, 3.63) is 71.8 Å². The first-order valence-electron chi connectivity index (χ1n) is 5.49. The second-order valence-electron chi connectivity index (χ2n) is 2.87. The summed E-state index contributed by atoms with van der Waals surface area (Å²) >= 11 is 0. The molecule has 33 heteroatoms. The molecule has 0 aliphatic heterocycles. The third-order valence-electron chi connectivity index (χ3n) is 0.967. The van der Waals surface area contributed by atoms with Crippen LogP contribution in [0.15, 0.2) is 10.2 Å². The summed E-state index contributed by atoms with van der Waals surface area (Å²) in [6.07, 6.45) is 0. The van der Waals surface area contributed by atoms with Gasteiger partial charge in [0.25, 0.3) is 11.9 Å². The zero-order valence-corrected chi connectivity index (χ0v) is 17.1. The van der Waals surface area contributed by atoms with Crippen molar-refractivity contribution in [2.24, 2.45) is 33.4 Å². The number of guanidine groups is 2. The number of hydrogen-bond acceptors (Lipinski definition) is 14. The summed E-state index contributed by atoms with van der Waals surface area (Å²) < 4.78 is 0. The number of nitrogens with zero attached hydrogens (tertiary/aromatic N) is 10. The fourth-order valence-electron chi connectivity index (χ4n) is 0.353. The van der Waals surface area contributed by atoms with Crippen LogP contribution in [0.4, 0.5) is 0 Å². The molecule has 0 saturated carbocycles. The summed E-state index contributed by atoms with van der Waals surface area (Å²) in [6.45, 7) is 0. The number of hydrazine groups is 2. The van der Waals surface area contributed by atoms with E-state index in [0.717, 1.165) is 0 Å². The van der Waals surface area contributed by atoms with Crippen LogP contribution in [0, 0.1) is 60.7 Å². The third-order valence-corrected chi connectivity index (χ3v) is 0.967. The average molecular weight is 583 g/mol. The molecule has 0 aromatic heterocycles. The van der Waals surface area contributed by atoms with Crippen molar-refractivity contribution in [1.82, 2.24) is 10.9 Å². The van der Waals surface area contributed by atoms with Gasteiger partial charge in [-0.25, -0.2) is 31.9 Å². The molecule has 0 atom stereocenters. The molecule has 20 N–H and O–H groups in total. The zero-order valence-electron chi connectivity index (χ0n) is 16.2. The molecule has 0 radical (unpaired) electrons. The fourth-order valence-corrected chi connectivity index (χ4v) is 0.353. The van der Waals surface area contributed by atoms with Crippen LogP contribution < -0.4 is 34.0 Å². The van der Waals surface area contributed by atoms with Gasteiger partial charge in [0, 0.05) is 20.1 Å². The van der Waals surface area contributed by atoms with E-state index >= 15 is 0 Å². The molecule has 0 aromatic carbocycles. The van der Waals surface area contributed by atoms with Gasteiger partial charge in [-0.3, -0.25) is 51.3 Å². The molecule has 0 aliphatic carbocycles. The number of rotatable bonds is 6. The topological polar surface area (TPSA) is 569 Å².